The van der Waals surface area contributed by atoms with Crippen molar-refractivity contribution in [2.24, 2.45) is 0 Å². The highest BCUT2D eigenvalue weighted by Gasteiger charge is 2.24. The summed E-state index contributed by atoms with van der Waals surface area (Å²) in [4.78, 5) is 26.3. The molecule has 0 unspecified atom stereocenters. The van der Waals surface area contributed by atoms with E-state index in [1.165, 1.54) is 0 Å². The molecular weight excluding hydrogens is 438 g/mol. The number of aryl methyl sites for hydroxylation is 1. The van der Waals surface area contributed by atoms with Gasteiger partial charge in [-0.1, -0.05) is 0 Å². The van der Waals surface area contributed by atoms with Crippen molar-refractivity contribution in [1.29, 1.82) is 0 Å². The van der Waals surface area contributed by atoms with E-state index in [2.05, 4.69) is 23.9 Å². The van der Waals surface area contributed by atoms with E-state index in [-0.39, 0.29) is 5.91 Å². The third-order valence-corrected chi connectivity index (χ3v) is 6.11. The molecule has 0 saturated carbocycles. The van der Waals surface area contributed by atoms with Gasteiger partial charge in [-0.25, -0.2) is 4.98 Å². The first-order chi connectivity index (χ1) is 16.1. The molecule has 1 amide bonds. The first kappa shape index (κ1) is 21.1. The maximum Gasteiger partial charge on any atom is 0.254 e. The first-order valence-electron chi connectivity index (χ1n) is 10.6. The van der Waals surface area contributed by atoms with Crippen LogP contribution in [0, 0.1) is 6.92 Å². The van der Waals surface area contributed by atoms with Crippen LogP contribution in [-0.2, 0) is 0 Å². The van der Waals surface area contributed by atoms with E-state index in [0.29, 0.717) is 37.7 Å². The van der Waals surface area contributed by atoms with Crippen molar-refractivity contribution in [1.82, 2.24) is 23.6 Å². The number of hydrogen-bond acceptors (Lipinski definition) is 9. The molecule has 5 rings (SSSR count). The van der Waals surface area contributed by atoms with Gasteiger partial charge in [0.15, 0.2) is 0 Å². The number of rotatable bonds is 5. The van der Waals surface area contributed by atoms with Gasteiger partial charge < -0.3 is 19.9 Å². The Morgan fingerprint density at radius 3 is 2.48 bits per heavy atom. The zero-order valence-electron chi connectivity index (χ0n) is 18.4. The van der Waals surface area contributed by atoms with E-state index in [1.807, 2.05) is 60.4 Å². The van der Waals surface area contributed by atoms with Crippen LogP contribution >= 0.6 is 11.7 Å². The van der Waals surface area contributed by atoms with Gasteiger partial charge in [-0.2, -0.15) is 13.7 Å². The van der Waals surface area contributed by atoms with E-state index < -0.39 is 0 Å². The quantitative estimate of drug-likeness (QED) is 0.482. The average Bonchev–Trinajstić information content (AvgIpc) is 3.32. The van der Waals surface area contributed by atoms with Gasteiger partial charge in [0, 0.05) is 49.2 Å². The van der Waals surface area contributed by atoms with Crippen molar-refractivity contribution < 1.29 is 9.53 Å². The second-order valence-corrected chi connectivity index (χ2v) is 8.32. The molecule has 1 aliphatic heterocycles. The molecule has 2 aromatic carbocycles. The number of carbonyl (C=O) groups excluding carboxylic acids is 1. The maximum atomic E-state index is 13.0. The van der Waals surface area contributed by atoms with Crippen LogP contribution in [0.15, 0.2) is 48.5 Å². The molecule has 0 atom stereocenters. The molecule has 3 heterocycles. The lowest BCUT2D eigenvalue weighted by Crippen LogP contribution is -2.49. The second-order valence-electron chi connectivity index (χ2n) is 7.80. The van der Waals surface area contributed by atoms with Crippen molar-refractivity contribution in [3.8, 4) is 5.75 Å². The minimum Gasteiger partial charge on any atom is -0.497 e. The van der Waals surface area contributed by atoms with E-state index in [9.17, 15) is 4.79 Å². The Kier molecular flexibility index (Phi) is 5.74. The lowest BCUT2D eigenvalue weighted by molar-refractivity contribution is 0.0746. The smallest absolute Gasteiger partial charge is 0.254 e. The lowest BCUT2D eigenvalue weighted by Gasteiger charge is -2.35. The van der Waals surface area contributed by atoms with Crippen molar-refractivity contribution in [2.45, 2.75) is 6.92 Å². The van der Waals surface area contributed by atoms with E-state index >= 15 is 0 Å². The Hall–Kier alpha value is -3.79. The highest BCUT2D eigenvalue weighted by molar-refractivity contribution is 7.00. The van der Waals surface area contributed by atoms with Crippen LogP contribution in [0.1, 0.15) is 16.1 Å². The molecular formula is C23H23N7O2S. The number of carbonyl (C=O) groups is 1. The largest absolute Gasteiger partial charge is 0.497 e. The Labute approximate surface area is 195 Å². The summed E-state index contributed by atoms with van der Waals surface area (Å²) in [6.07, 6.45) is 0. The predicted molar refractivity (Wildman–Crippen MR) is 129 cm³/mol. The van der Waals surface area contributed by atoms with Gasteiger partial charge in [0.1, 0.15) is 22.6 Å². The van der Waals surface area contributed by atoms with Gasteiger partial charge in [-0.15, -0.1) is 0 Å². The Balaban J connectivity index is 1.25. The van der Waals surface area contributed by atoms with Crippen LogP contribution in [0.4, 0.5) is 17.5 Å². The highest BCUT2D eigenvalue weighted by Crippen LogP contribution is 2.22. The molecule has 168 valence electrons. The van der Waals surface area contributed by atoms with E-state index in [0.717, 1.165) is 45.7 Å². The summed E-state index contributed by atoms with van der Waals surface area (Å²) in [5.41, 5.74) is 4.01. The summed E-state index contributed by atoms with van der Waals surface area (Å²) >= 11 is 1.15. The summed E-state index contributed by atoms with van der Waals surface area (Å²) in [5, 5.41) is 3.33. The van der Waals surface area contributed by atoms with Crippen LogP contribution in [0.5, 0.6) is 5.75 Å². The number of fused-ring (bicyclic) bond motifs is 1. The molecule has 4 aromatic rings. The fraction of sp³-hybridized carbons (Fsp3) is 0.261. The number of piperazine rings is 1. The molecule has 1 saturated heterocycles. The Morgan fingerprint density at radius 2 is 1.73 bits per heavy atom. The van der Waals surface area contributed by atoms with Crippen LogP contribution in [0.3, 0.4) is 0 Å². The first-order valence-corrected chi connectivity index (χ1v) is 11.4. The molecule has 1 N–H and O–H groups in total. The molecule has 0 spiro atoms. The minimum atomic E-state index is 0.0107. The van der Waals surface area contributed by atoms with Crippen molar-refractivity contribution >= 4 is 46.1 Å². The summed E-state index contributed by atoms with van der Waals surface area (Å²) < 4.78 is 13.6. The summed E-state index contributed by atoms with van der Waals surface area (Å²) in [5.74, 6) is 2.20. The molecule has 2 aromatic heterocycles. The minimum absolute atomic E-state index is 0.0107. The summed E-state index contributed by atoms with van der Waals surface area (Å²) in [7, 11) is 1.65. The summed E-state index contributed by atoms with van der Waals surface area (Å²) in [6.45, 7) is 4.48. The predicted octanol–water partition coefficient (Wildman–Crippen LogP) is 3.50. The molecule has 1 fully saturated rings. The SMILES string of the molecule is COc1ccc(Nc2cc(C)nc(N3CCN(C(=O)c4ccc5nsnc5c4)CC3)n2)cc1. The molecule has 33 heavy (non-hydrogen) atoms. The third kappa shape index (κ3) is 4.56. The lowest BCUT2D eigenvalue weighted by atomic mass is 10.1. The number of ether oxygens (including phenoxy) is 1. The standard InChI is InChI=1S/C23H23N7O2S/c1-15-13-21(25-17-4-6-18(32-2)7-5-17)26-23(24-15)30-11-9-29(10-12-30)22(31)16-3-8-19-20(14-16)28-33-27-19/h3-8,13-14H,9-12H2,1-2H3,(H,24,25,26). The Morgan fingerprint density at radius 1 is 0.970 bits per heavy atom. The Bertz CT molecular complexity index is 1280. The van der Waals surface area contributed by atoms with Crippen LogP contribution in [-0.4, -0.2) is 62.8 Å². The highest BCUT2D eigenvalue weighted by atomic mass is 32.1. The van der Waals surface area contributed by atoms with Crippen LogP contribution < -0.4 is 15.0 Å². The van der Waals surface area contributed by atoms with Crippen molar-refractivity contribution in [2.75, 3.05) is 43.5 Å². The fourth-order valence-electron chi connectivity index (χ4n) is 3.79. The number of nitrogens with zero attached hydrogens (tertiary/aromatic N) is 6. The van der Waals surface area contributed by atoms with E-state index in [1.54, 1.807) is 7.11 Å². The second kappa shape index (κ2) is 8.99. The molecule has 9 nitrogen and oxygen atoms in total. The topological polar surface area (TPSA) is 96.4 Å². The van der Waals surface area contributed by atoms with Gasteiger partial charge in [0.25, 0.3) is 5.91 Å². The van der Waals surface area contributed by atoms with E-state index in [4.69, 9.17) is 9.72 Å². The van der Waals surface area contributed by atoms with Crippen molar-refractivity contribution in [3.63, 3.8) is 0 Å². The number of anilines is 3. The molecule has 0 bridgehead atoms. The van der Waals surface area contributed by atoms with Crippen LogP contribution in [0.25, 0.3) is 11.0 Å². The molecule has 0 aliphatic carbocycles. The number of amides is 1. The van der Waals surface area contributed by atoms with Gasteiger partial charge in [-0.05, 0) is 49.4 Å². The average molecular weight is 462 g/mol. The molecule has 0 radical (unpaired) electrons. The third-order valence-electron chi connectivity index (χ3n) is 5.56. The number of aromatic nitrogens is 4. The van der Waals surface area contributed by atoms with Crippen molar-refractivity contribution in [3.05, 3.63) is 59.8 Å². The number of hydrogen-bond donors (Lipinski definition) is 1. The maximum absolute atomic E-state index is 13.0. The van der Waals surface area contributed by atoms with Gasteiger partial charge in [0.2, 0.25) is 5.95 Å². The number of benzene rings is 2. The fourth-order valence-corrected chi connectivity index (χ4v) is 4.31. The summed E-state index contributed by atoms with van der Waals surface area (Å²) in [6, 6.07) is 15.1. The molecule has 1 aliphatic rings. The number of methoxy groups -OCH3 is 1. The normalized spacial score (nSPS) is 13.9. The number of nitrogens with one attached hydrogen (secondary N) is 1. The van der Waals surface area contributed by atoms with Gasteiger partial charge in [-0.3, -0.25) is 4.79 Å². The van der Waals surface area contributed by atoms with Gasteiger partial charge >= 0.3 is 0 Å². The molecule has 10 heteroatoms. The zero-order chi connectivity index (χ0) is 22.8. The van der Waals surface area contributed by atoms with Gasteiger partial charge in [0.05, 0.1) is 18.8 Å². The zero-order valence-corrected chi connectivity index (χ0v) is 19.2. The monoisotopic (exact) mass is 461 g/mol. The van der Waals surface area contributed by atoms with Crippen LogP contribution in [0.2, 0.25) is 0 Å².